The molecule has 0 heterocycles. The Hall–Kier alpha value is -2.96. The van der Waals surface area contributed by atoms with Crippen molar-refractivity contribution in [3.63, 3.8) is 0 Å². The number of nitro groups is 1. The van der Waals surface area contributed by atoms with Gasteiger partial charge >= 0.3 is 0 Å². The first kappa shape index (κ1) is 18.4. The molecule has 7 heteroatoms. The minimum Gasteiger partial charge on any atom is -0.377 e. The molecule has 0 aliphatic heterocycles. The maximum atomic E-state index is 13.4. The highest BCUT2D eigenvalue weighted by molar-refractivity contribution is 6.00. The number of nitrogens with zero attached hydrogens (tertiary/aromatic N) is 3. The molecule has 0 unspecified atom stereocenters. The van der Waals surface area contributed by atoms with Crippen molar-refractivity contribution in [2.45, 2.75) is 13.5 Å². The van der Waals surface area contributed by atoms with Crippen molar-refractivity contribution in [1.82, 2.24) is 4.90 Å². The standard InChI is InChI=1S/C18H20FN3O3/c1-4-21(12-13-6-5-7-14(19)10-13)18(23)16-11-15(22(24)25)8-9-17(16)20(2)3/h5-11H,4,12H2,1-3H3. The van der Waals surface area contributed by atoms with Gasteiger partial charge in [-0.2, -0.15) is 0 Å². The second-order valence-corrected chi connectivity index (χ2v) is 5.80. The number of halogens is 1. The van der Waals surface area contributed by atoms with Crippen LogP contribution in [0.5, 0.6) is 0 Å². The van der Waals surface area contributed by atoms with Gasteiger partial charge in [0.1, 0.15) is 5.82 Å². The molecule has 25 heavy (non-hydrogen) atoms. The summed E-state index contributed by atoms with van der Waals surface area (Å²) >= 11 is 0. The second-order valence-electron chi connectivity index (χ2n) is 5.80. The molecule has 0 saturated heterocycles. The van der Waals surface area contributed by atoms with Crippen molar-refractivity contribution >= 4 is 17.3 Å². The van der Waals surface area contributed by atoms with Gasteiger partial charge in [-0.1, -0.05) is 12.1 Å². The van der Waals surface area contributed by atoms with Crippen LogP contribution in [-0.2, 0) is 6.54 Å². The smallest absolute Gasteiger partial charge is 0.270 e. The van der Waals surface area contributed by atoms with E-state index in [0.717, 1.165) is 0 Å². The highest BCUT2D eigenvalue weighted by Gasteiger charge is 2.22. The van der Waals surface area contributed by atoms with Gasteiger partial charge in [0.15, 0.2) is 0 Å². The number of hydrogen-bond acceptors (Lipinski definition) is 4. The van der Waals surface area contributed by atoms with E-state index in [4.69, 9.17) is 0 Å². The molecular formula is C18H20FN3O3. The van der Waals surface area contributed by atoms with Crippen LogP contribution in [0.3, 0.4) is 0 Å². The Morgan fingerprint density at radius 3 is 2.48 bits per heavy atom. The number of nitro benzene ring substituents is 1. The van der Waals surface area contributed by atoms with Gasteiger partial charge in [-0.25, -0.2) is 4.39 Å². The lowest BCUT2D eigenvalue weighted by molar-refractivity contribution is -0.384. The summed E-state index contributed by atoms with van der Waals surface area (Å²) in [5.74, 6) is -0.704. The Bertz CT molecular complexity index is 793. The quantitative estimate of drug-likeness (QED) is 0.594. The Morgan fingerprint density at radius 2 is 1.92 bits per heavy atom. The number of hydrogen-bond donors (Lipinski definition) is 0. The van der Waals surface area contributed by atoms with Crippen molar-refractivity contribution < 1.29 is 14.1 Å². The molecule has 0 bridgehead atoms. The zero-order valence-electron chi connectivity index (χ0n) is 14.4. The van der Waals surface area contributed by atoms with Crippen LogP contribution < -0.4 is 4.90 Å². The summed E-state index contributed by atoms with van der Waals surface area (Å²) < 4.78 is 13.4. The molecule has 6 nitrogen and oxygen atoms in total. The van der Waals surface area contributed by atoms with Crippen LogP contribution in [0.15, 0.2) is 42.5 Å². The Morgan fingerprint density at radius 1 is 1.20 bits per heavy atom. The minimum absolute atomic E-state index is 0.143. The maximum absolute atomic E-state index is 13.4. The van der Waals surface area contributed by atoms with Crippen LogP contribution in [0.4, 0.5) is 15.8 Å². The average molecular weight is 345 g/mol. The molecular weight excluding hydrogens is 325 g/mol. The molecule has 2 rings (SSSR count). The third kappa shape index (κ3) is 4.32. The van der Waals surface area contributed by atoms with Crippen LogP contribution in [-0.4, -0.2) is 36.4 Å². The van der Waals surface area contributed by atoms with Gasteiger partial charge in [-0.3, -0.25) is 14.9 Å². The molecule has 0 radical (unpaired) electrons. The van der Waals surface area contributed by atoms with E-state index in [1.165, 1.54) is 29.2 Å². The zero-order chi connectivity index (χ0) is 18.6. The molecule has 1 amide bonds. The number of anilines is 1. The van der Waals surface area contributed by atoms with Gasteiger partial charge in [0.2, 0.25) is 0 Å². The number of carbonyl (C=O) groups is 1. The van der Waals surface area contributed by atoms with Gasteiger partial charge in [-0.15, -0.1) is 0 Å². The maximum Gasteiger partial charge on any atom is 0.270 e. The predicted octanol–water partition coefficient (Wildman–Crippen LogP) is 3.46. The SMILES string of the molecule is CCN(Cc1cccc(F)c1)C(=O)c1cc([N+](=O)[O-])ccc1N(C)C. The van der Waals surface area contributed by atoms with E-state index in [2.05, 4.69) is 0 Å². The summed E-state index contributed by atoms with van der Waals surface area (Å²) in [5.41, 5.74) is 1.36. The van der Waals surface area contributed by atoms with Crippen LogP contribution in [0, 0.1) is 15.9 Å². The van der Waals surface area contributed by atoms with E-state index in [9.17, 15) is 19.3 Å². The molecule has 2 aromatic carbocycles. The molecule has 0 aliphatic carbocycles. The summed E-state index contributed by atoms with van der Waals surface area (Å²) in [5, 5.41) is 11.1. The number of benzene rings is 2. The lowest BCUT2D eigenvalue weighted by Gasteiger charge is -2.24. The second kappa shape index (κ2) is 7.74. The van der Waals surface area contributed by atoms with E-state index in [0.29, 0.717) is 17.8 Å². The molecule has 0 atom stereocenters. The van der Waals surface area contributed by atoms with Crippen molar-refractivity contribution in [2.75, 3.05) is 25.5 Å². The van der Waals surface area contributed by atoms with Gasteiger partial charge in [-0.05, 0) is 30.7 Å². The van der Waals surface area contributed by atoms with E-state index in [1.807, 2.05) is 6.92 Å². The lowest BCUT2D eigenvalue weighted by atomic mass is 10.1. The van der Waals surface area contributed by atoms with Crippen molar-refractivity contribution in [1.29, 1.82) is 0 Å². The Labute approximate surface area is 145 Å². The van der Waals surface area contributed by atoms with Crippen molar-refractivity contribution in [3.8, 4) is 0 Å². The first-order valence-corrected chi connectivity index (χ1v) is 7.83. The number of amides is 1. The third-order valence-corrected chi connectivity index (χ3v) is 3.83. The fourth-order valence-electron chi connectivity index (χ4n) is 2.55. The summed E-state index contributed by atoms with van der Waals surface area (Å²) in [4.78, 5) is 26.7. The molecule has 0 saturated carbocycles. The Kier molecular flexibility index (Phi) is 5.69. The molecule has 0 aliphatic rings. The molecule has 0 aromatic heterocycles. The first-order chi connectivity index (χ1) is 11.8. The monoisotopic (exact) mass is 345 g/mol. The van der Waals surface area contributed by atoms with Crippen LogP contribution >= 0.6 is 0 Å². The fraction of sp³-hybridized carbons (Fsp3) is 0.278. The molecule has 0 spiro atoms. The summed E-state index contributed by atoms with van der Waals surface area (Å²) in [6.45, 7) is 2.43. The van der Waals surface area contributed by atoms with Crippen LogP contribution in [0.2, 0.25) is 0 Å². The van der Waals surface area contributed by atoms with Crippen LogP contribution in [0.1, 0.15) is 22.8 Å². The number of rotatable bonds is 6. The largest absolute Gasteiger partial charge is 0.377 e. The van der Waals surface area contributed by atoms with Gasteiger partial charge < -0.3 is 9.80 Å². The van der Waals surface area contributed by atoms with Gasteiger partial charge in [0, 0.05) is 45.0 Å². The zero-order valence-corrected chi connectivity index (χ0v) is 14.4. The van der Waals surface area contributed by atoms with Gasteiger partial charge in [0.05, 0.1) is 10.5 Å². The molecule has 0 N–H and O–H groups in total. The third-order valence-electron chi connectivity index (χ3n) is 3.83. The first-order valence-electron chi connectivity index (χ1n) is 7.83. The topological polar surface area (TPSA) is 66.7 Å². The summed E-state index contributed by atoms with van der Waals surface area (Å²) in [7, 11) is 3.53. The average Bonchev–Trinajstić information content (AvgIpc) is 2.58. The fourth-order valence-corrected chi connectivity index (χ4v) is 2.55. The number of carbonyl (C=O) groups excluding carboxylic acids is 1. The lowest BCUT2D eigenvalue weighted by Crippen LogP contribution is -2.31. The summed E-state index contributed by atoms with van der Waals surface area (Å²) in [6.07, 6.45) is 0. The van der Waals surface area contributed by atoms with E-state index in [1.54, 1.807) is 37.2 Å². The van der Waals surface area contributed by atoms with Crippen molar-refractivity contribution in [2.24, 2.45) is 0 Å². The normalized spacial score (nSPS) is 10.4. The molecule has 132 valence electrons. The Balaban J connectivity index is 2.38. The molecule has 2 aromatic rings. The molecule has 0 fully saturated rings. The van der Waals surface area contributed by atoms with E-state index >= 15 is 0 Å². The van der Waals surface area contributed by atoms with Gasteiger partial charge in [0.25, 0.3) is 11.6 Å². The van der Waals surface area contributed by atoms with Crippen molar-refractivity contribution in [3.05, 3.63) is 69.5 Å². The summed E-state index contributed by atoms with van der Waals surface area (Å²) in [6, 6.07) is 10.2. The predicted molar refractivity (Wildman–Crippen MR) is 94.2 cm³/mol. The van der Waals surface area contributed by atoms with E-state index in [-0.39, 0.29) is 29.5 Å². The highest BCUT2D eigenvalue weighted by atomic mass is 19.1. The minimum atomic E-state index is -0.529. The van der Waals surface area contributed by atoms with E-state index < -0.39 is 4.92 Å². The highest BCUT2D eigenvalue weighted by Crippen LogP contribution is 2.26. The number of non-ortho nitro benzene ring substituents is 1. The van der Waals surface area contributed by atoms with Crippen LogP contribution in [0.25, 0.3) is 0 Å².